The molecule has 5 nitrogen and oxygen atoms in total. The summed E-state index contributed by atoms with van der Waals surface area (Å²) in [6, 6.07) is 6.75. The molecule has 130 valence electrons. The van der Waals surface area contributed by atoms with E-state index in [9.17, 15) is 0 Å². The molecule has 1 fully saturated rings. The molecule has 1 aliphatic rings. The van der Waals surface area contributed by atoms with Crippen LogP contribution in [0.1, 0.15) is 50.5 Å². The molecule has 3 rings (SSSR count). The molecule has 3 heterocycles. The summed E-state index contributed by atoms with van der Waals surface area (Å²) in [5.41, 5.74) is 1.15. The average Bonchev–Trinajstić information content (AvgIpc) is 2.94. The maximum atomic E-state index is 4.72. The fourth-order valence-electron chi connectivity index (χ4n) is 3.18. The van der Waals surface area contributed by atoms with Gasteiger partial charge in [0.15, 0.2) is 0 Å². The number of nitrogens with zero attached hydrogens (tertiary/aromatic N) is 5. The Labute approximate surface area is 148 Å². The van der Waals surface area contributed by atoms with Gasteiger partial charge in [-0.15, -0.1) is 0 Å². The number of hydrogen-bond donors (Lipinski definition) is 0. The SMILES string of the molecule is CC(C)c1nsc(N2CCC[C@@H](N(C)Cc3ccccn3)CC2)n1. The van der Waals surface area contributed by atoms with Crippen molar-refractivity contribution in [1.29, 1.82) is 0 Å². The summed E-state index contributed by atoms with van der Waals surface area (Å²) in [5.74, 6) is 1.38. The Balaban J connectivity index is 1.58. The van der Waals surface area contributed by atoms with Crippen molar-refractivity contribution in [2.45, 2.75) is 51.6 Å². The minimum absolute atomic E-state index is 0.402. The first-order chi connectivity index (χ1) is 11.6. The number of rotatable bonds is 5. The molecule has 6 heteroatoms. The van der Waals surface area contributed by atoms with Crippen molar-refractivity contribution in [2.75, 3.05) is 25.0 Å². The van der Waals surface area contributed by atoms with Crippen LogP contribution in [0.25, 0.3) is 0 Å². The number of pyridine rings is 1. The molecule has 24 heavy (non-hydrogen) atoms. The van der Waals surface area contributed by atoms with Gasteiger partial charge in [-0.05, 0) is 38.4 Å². The van der Waals surface area contributed by atoms with E-state index in [1.807, 2.05) is 12.3 Å². The third-order valence-corrected chi connectivity index (χ3v) is 5.47. The molecule has 0 N–H and O–H groups in total. The van der Waals surface area contributed by atoms with Crippen molar-refractivity contribution in [3.8, 4) is 0 Å². The van der Waals surface area contributed by atoms with E-state index in [1.165, 1.54) is 19.3 Å². The Morgan fingerprint density at radius 3 is 2.88 bits per heavy atom. The van der Waals surface area contributed by atoms with Gasteiger partial charge < -0.3 is 4.90 Å². The van der Waals surface area contributed by atoms with Crippen LogP contribution in [0.3, 0.4) is 0 Å². The van der Waals surface area contributed by atoms with Crippen LogP contribution in [-0.4, -0.2) is 45.4 Å². The highest BCUT2D eigenvalue weighted by molar-refractivity contribution is 7.09. The van der Waals surface area contributed by atoms with Gasteiger partial charge in [-0.2, -0.15) is 4.37 Å². The van der Waals surface area contributed by atoms with Crippen molar-refractivity contribution in [1.82, 2.24) is 19.2 Å². The van der Waals surface area contributed by atoms with Crippen molar-refractivity contribution in [3.05, 3.63) is 35.9 Å². The smallest absolute Gasteiger partial charge is 0.205 e. The van der Waals surface area contributed by atoms with Gasteiger partial charge in [-0.1, -0.05) is 19.9 Å². The van der Waals surface area contributed by atoms with Gasteiger partial charge >= 0.3 is 0 Å². The maximum absolute atomic E-state index is 4.72. The maximum Gasteiger partial charge on any atom is 0.205 e. The number of hydrogen-bond acceptors (Lipinski definition) is 6. The molecule has 0 amide bonds. The molecular weight excluding hydrogens is 318 g/mol. The second-order valence-electron chi connectivity index (χ2n) is 6.90. The lowest BCUT2D eigenvalue weighted by molar-refractivity contribution is 0.215. The van der Waals surface area contributed by atoms with Crippen LogP contribution in [0, 0.1) is 0 Å². The Kier molecular flexibility index (Phi) is 5.79. The normalized spacial score (nSPS) is 19.0. The van der Waals surface area contributed by atoms with E-state index in [0.29, 0.717) is 12.0 Å². The summed E-state index contributed by atoms with van der Waals surface area (Å²) in [6.07, 6.45) is 5.48. The fourth-order valence-corrected chi connectivity index (χ4v) is 4.04. The fraction of sp³-hybridized carbons (Fsp3) is 0.611. The van der Waals surface area contributed by atoms with E-state index in [2.05, 4.69) is 52.2 Å². The summed E-state index contributed by atoms with van der Waals surface area (Å²) in [7, 11) is 2.22. The van der Waals surface area contributed by atoms with Gasteiger partial charge in [-0.3, -0.25) is 9.88 Å². The molecule has 2 aromatic heterocycles. The van der Waals surface area contributed by atoms with Gasteiger partial charge in [0.1, 0.15) is 5.82 Å². The van der Waals surface area contributed by atoms with E-state index in [1.54, 1.807) is 11.5 Å². The molecule has 2 aromatic rings. The van der Waals surface area contributed by atoms with Crippen LogP contribution < -0.4 is 4.90 Å². The third-order valence-electron chi connectivity index (χ3n) is 4.68. The zero-order valence-corrected chi connectivity index (χ0v) is 15.7. The molecule has 0 saturated carbocycles. The summed E-state index contributed by atoms with van der Waals surface area (Å²) in [6.45, 7) is 7.36. The van der Waals surface area contributed by atoms with Crippen molar-refractivity contribution >= 4 is 16.7 Å². The molecule has 0 unspecified atom stereocenters. The summed E-state index contributed by atoms with van der Waals surface area (Å²) in [4.78, 5) is 14.0. The van der Waals surface area contributed by atoms with Gasteiger partial charge in [-0.25, -0.2) is 4.98 Å². The molecule has 0 aliphatic carbocycles. The Morgan fingerprint density at radius 1 is 1.29 bits per heavy atom. The summed E-state index contributed by atoms with van der Waals surface area (Å²) >= 11 is 1.55. The minimum atomic E-state index is 0.402. The average molecular weight is 346 g/mol. The molecule has 1 aliphatic heterocycles. The van der Waals surface area contributed by atoms with E-state index in [-0.39, 0.29) is 0 Å². The Morgan fingerprint density at radius 2 is 2.17 bits per heavy atom. The predicted octanol–water partition coefficient (Wildman–Crippen LogP) is 3.55. The Bertz CT molecular complexity index is 627. The standard InChI is InChI=1S/C18H27N5S/c1-14(2)17-20-18(24-21-17)23-11-6-8-16(9-12-23)22(3)13-15-7-4-5-10-19-15/h4-5,7,10,14,16H,6,8-9,11-13H2,1-3H3/t16-/m1/s1. The van der Waals surface area contributed by atoms with Gasteiger partial charge in [0.2, 0.25) is 5.13 Å². The lowest BCUT2D eigenvalue weighted by atomic mass is 10.1. The van der Waals surface area contributed by atoms with E-state index < -0.39 is 0 Å². The Hall–Kier alpha value is -1.53. The molecule has 0 spiro atoms. The molecule has 1 atom stereocenters. The zero-order valence-electron chi connectivity index (χ0n) is 14.9. The quantitative estimate of drug-likeness (QED) is 0.829. The lowest BCUT2D eigenvalue weighted by Crippen LogP contribution is -2.33. The predicted molar refractivity (Wildman–Crippen MR) is 99.6 cm³/mol. The van der Waals surface area contributed by atoms with Gasteiger partial charge in [0.05, 0.1) is 5.69 Å². The monoisotopic (exact) mass is 345 g/mol. The summed E-state index contributed by atoms with van der Waals surface area (Å²) < 4.78 is 4.50. The molecule has 0 aromatic carbocycles. The molecule has 0 radical (unpaired) electrons. The van der Waals surface area contributed by atoms with Crippen molar-refractivity contribution < 1.29 is 0 Å². The second kappa shape index (κ2) is 8.03. The summed E-state index contributed by atoms with van der Waals surface area (Å²) in [5, 5.41) is 1.09. The van der Waals surface area contributed by atoms with Gasteiger partial charge in [0, 0.05) is 49.3 Å². The van der Waals surface area contributed by atoms with Crippen LogP contribution in [0.15, 0.2) is 24.4 Å². The largest absolute Gasteiger partial charge is 0.347 e. The van der Waals surface area contributed by atoms with Crippen LogP contribution >= 0.6 is 11.5 Å². The van der Waals surface area contributed by atoms with Crippen LogP contribution in [-0.2, 0) is 6.54 Å². The number of anilines is 1. The first kappa shape index (κ1) is 17.3. The first-order valence-electron chi connectivity index (χ1n) is 8.82. The highest BCUT2D eigenvalue weighted by atomic mass is 32.1. The lowest BCUT2D eigenvalue weighted by Gasteiger charge is -2.26. The molecular formula is C18H27N5S. The van der Waals surface area contributed by atoms with E-state index >= 15 is 0 Å². The highest BCUT2D eigenvalue weighted by Gasteiger charge is 2.23. The molecule has 0 bridgehead atoms. The van der Waals surface area contributed by atoms with Crippen molar-refractivity contribution in [2.24, 2.45) is 0 Å². The number of aromatic nitrogens is 3. The van der Waals surface area contributed by atoms with E-state index in [0.717, 1.165) is 36.3 Å². The highest BCUT2D eigenvalue weighted by Crippen LogP contribution is 2.25. The minimum Gasteiger partial charge on any atom is -0.347 e. The van der Waals surface area contributed by atoms with Crippen LogP contribution in [0.4, 0.5) is 5.13 Å². The first-order valence-corrected chi connectivity index (χ1v) is 9.59. The topological polar surface area (TPSA) is 45.2 Å². The zero-order chi connectivity index (χ0) is 16.9. The second-order valence-corrected chi connectivity index (χ2v) is 7.63. The van der Waals surface area contributed by atoms with Gasteiger partial charge in [0.25, 0.3) is 0 Å². The van der Waals surface area contributed by atoms with Crippen LogP contribution in [0.2, 0.25) is 0 Å². The van der Waals surface area contributed by atoms with E-state index in [4.69, 9.17) is 4.98 Å². The van der Waals surface area contributed by atoms with Crippen molar-refractivity contribution in [3.63, 3.8) is 0 Å². The van der Waals surface area contributed by atoms with Crippen LogP contribution in [0.5, 0.6) is 0 Å². The molecule has 1 saturated heterocycles. The third kappa shape index (κ3) is 4.30.